The highest BCUT2D eigenvalue weighted by atomic mass is 35.5. The van der Waals surface area contributed by atoms with Crippen molar-refractivity contribution >= 4 is 11.6 Å². The van der Waals surface area contributed by atoms with Crippen molar-refractivity contribution in [3.05, 3.63) is 34.3 Å². The third-order valence-electron chi connectivity index (χ3n) is 2.14. The molecular weight excluding hydrogens is 160 g/mol. The molecule has 0 fully saturated rings. The molecule has 1 nitrogen and oxygen atoms in total. The summed E-state index contributed by atoms with van der Waals surface area (Å²) < 4.78 is 5.21. The molecule has 1 aromatic carbocycles. The van der Waals surface area contributed by atoms with Gasteiger partial charge in [-0.25, -0.2) is 0 Å². The number of rotatable bonds is 1. The average Bonchev–Trinajstić information content (AvgIpc) is 1.97. The highest BCUT2D eigenvalue weighted by Gasteiger charge is 2.25. The normalized spacial score (nSPS) is 20.7. The molecule has 0 N–H and O–H groups in total. The molecule has 0 radical (unpaired) electrons. The van der Waals surface area contributed by atoms with Gasteiger partial charge in [-0.1, -0.05) is 17.7 Å². The molecule has 1 unspecified atom stereocenters. The molecule has 11 heavy (non-hydrogen) atoms. The van der Waals surface area contributed by atoms with Crippen molar-refractivity contribution in [2.75, 3.05) is 7.11 Å². The highest BCUT2D eigenvalue weighted by Crippen LogP contribution is 2.36. The van der Waals surface area contributed by atoms with E-state index in [1.54, 1.807) is 7.11 Å². The fourth-order valence-corrected chi connectivity index (χ4v) is 1.62. The SMILES string of the molecule is COC1Cc2ccc(Cl)cc21. The number of hydrogen-bond donors (Lipinski definition) is 0. The molecule has 0 amide bonds. The van der Waals surface area contributed by atoms with E-state index in [0.29, 0.717) is 0 Å². The lowest BCUT2D eigenvalue weighted by Crippen LogP contribution is -2.18. The van der Waals surface area contributed by atoms with Gasteiger partial charge in [-0.15, -0.1) is 0 Å². The fraction of sp³-hybridized carbons (Fsp3) is 0.333. The van der Waals surface area contributed by atoms with Gasteiger partial charge in [-0.05, 0) is 23.3 Å². The summed E-state index contributed by atoms with van der Waals surface area (Å²) in [6.45, 7) is 0. The van der Waals surface area contributed by atoms with E-state index in [0.717, 1.165) is 11.4 Å². The Kier molecular flexibility index (Phi) is 1.63. The summed E-state index contributed by atoms with van der Waals surface area (Å²) in [6, 6.07) is 5.97. The predicted molar refractivity (Wildman–Crippen MR) is 44.9 cm³/mol. The molecule has 1 aliphatic carbocycles. The van der Waals surface area contributed by atoms with Gasteiger partial charge in [0.15, 0.2) is 0 Å². The van der Waals surface area contributed by atoms with E-state index in [2.05, 4.69) is 6.07 Å². The Balaban J connectivity index is 2.37. The van der Waals surface area contributed by atoms with Crippen LogP contribution in [0.4, 0.5) is 0 Å². The zero-order valence-electron chi connectivity index (χ0n) is 6.30. The van der Waals surface area contributed by atoms with E-state index in [1.807, 2.05) is 12.1 Å². The molecular formula is C9H9ClO. The molecule has 0 heterocycles. The fourth-order valence-electron chi connectivity index (χ4n) is 1.44. The monoisotopic (exact) mass is 168 g/mol. The van der Waals surface area contributed by atoms with Crippen LogP contribution in [0.25, 0.3) is 0 Å². The van der Waals surface area contributed by atoms with Gasteiger partial charge in [0.2, 0.25) is 0 Å². The topological polar surface area (TPSA) is 9.23 Å². The summed E-state index contributed by atoms with van der Waals surface area (Å²) in [6.07, 6.45) is 1.31. The average molecular weight is 169 g/mol. The lowest BCUT2D eigenvalue weighted by atomic mass is 9.85. The molecule has 0 bridgehead atoms. The van der Waals surface area contributed by atoms with Gasteiger partial charge in [0.05, 0.1) is 6.10 Å². The van der Waals surface area contributed by atoms with Gasteiger partial charge in [-0.2, -0.15) is 0 Å². The van der Waals surface area contributed by atoms with E-state index in [-0.39, 0.29) is 6.10 Å². The van der Waals surface area contributed by atoms with Crippen molar-refractivity contribution in [3.63, 3.8) is 0 Å². The molecule has 1 atom stereocenters. The van der Waals surface area contributed by atoms with Crippen LogP contribution in [0, 0.1) is 0 Å². The number of hydrogen-bond acceptors (Lipinski definition) is 1. The molecule has 0 saturated heterocycles. The van der Waals surface area contributed by atoms with Crippen molar-refractivity contribution in [2.24, 2.45) is 0 Å². The van der Waals surface area contributed by atoms with Gasteiger partial charge >= 0.3 is 0 Å². The van der Waals surface area contributed by atoms with Crippen LogP contribution < -0.4 is 0 Å². The zero-order valence-corrected chi connectivity index (χ0v) is 7.06. The number of methoxy groups -OCH3 is 1. The smallest absolute Gasteiger partial charge is 0.0864 e. The van der Waals surface area contributed by atoms with Crippen LogP contribution in [-0.2, 0) is 11.2 Å². The summed E-state index contributed by atoms with van der Waals surface area (Å²) in [7, 11) is 1.73. The highest BCUT2D eigenvalue weighted by molar-refractivity contribution is 6.30. The zero-order chi connectivity index (χ0) is 7.84. The molecule has 58 valence electrons. The van der Waals surface area contributed by atoms with Gasteiger partial charge < -0.3 is 4.74 Å². The van der Waals surface area contributed by atoms with Crippen molar-refractivity contribution in [3.8, 4) is 0 Å². The third kappa shape index (κ3) is 1.05. The maximum absolute atomic E-state index is 5.82. The second-order valence-corrected chi connectivity index (χ2v) is 3.21. The van der Waals surface area contributed by atoms with Crippen LogP contribution in [0.1, 0.15) is 17.2 Å². The Morgan fingerprint density at radius 2 is 2.36 bits per heavy atom. The van der Waals surface area contributed by atoms with Crippen molar-refractivity contribution in [2.45, 2.75) is 12.5 Å². The molecule has 2 heteroatoms. The Morgan fingerprint density at radius 3 is 3.09 bits per heavy atom. The van der Waals surface area contributed by atoms with Crippen LogP contribution in [0.15, 0.2) is 18.2 Å². The van der Waals surface area contributed by atoms with E-state index < -0.39 is 0 Å². The Hall–Kier alpha value is -0.530. The van der Waals surface area contributed by atoms with Crippen molar-refractivity contribution in [1.82, 2.24) is 0 Å². The first-order chi connectivity index (χ1) is 5.31. The summed E-state index contributed by atoms with van der Waals surface area (Å²) in [5, 5.41) is 0.797. The van der Waals surface area contributed by atoms with Crippen molar-refractivity contribution in [1.29, 1.82) is 0 Å². The molecule has 0 aliphatic heterocycles. The van der Waals surface area contributed by atoms with Gasteiger partial charge in [0.1, 0.15) is 0 Å². The first-order valence-corrected chi connectivity index (χ1v) is 4.00. The largest absolute Gasteiger partial charge is 0.376 e. The Morgan fingerprint density at radius 1 is 1.55 bits per heavy atom. The standard InChI is InChI=1S/C9H9ClO/c1-11-9-4-6-2-3-7(10)5-8(6)9/h2-3,5,9H,4H2,1H3. The van der Waals surface area contributed by atoms with E-state index in [9.17, 15) is 0 Å². The van der Waals surface area contributed by atoms with Gasteiger partial charge in [0.25, 0.3) is 0 Å². The number of ether oxygens (including phenoxy) is 1. The van der Waals surface area contributed by atoms with E-state index >= 15 is 0 Å². The minimum absolute atomic E-state index is 0.281. The van der Waals surface area contributed by atoms with Crippen LogP contribution in [0.5, 0.6) is 0 Å². The second-order valence-electron chi connectivity index (χ2n) is 2.77. The number of halogens is 1. The quantitative estimate of drug-likeness (QED) is 0.627. The predicted octanol–water partition coefficient (Wildman–Crippen LogP) is 2.58. The van der Waals surface area contributed by atoms with Crippen LogP contribution in [-0.4, -0.2) is 7.11 Å². The summed E-state index contributed by atoms with van der Waals surface area (Å²) >= 11 is 5.82. The van der Waals surface area contributed by atoms with Crippen LogP contribution in [0.3, 0.4) is 0 Å². The first kappa shape index (κ1) is 7.14. The Bertz CT molecular complexity index is 283. The number of benzene rings is 1. The molecule has 0 saturated carbocycles. The second kappa shape index (κ2) is 2.50. The summed E-state index contributed by atoms with van der Waals surface area (Å²) in [4.78, 5) is 0. The number of fused-ring (bicyclic) bond motifs is 1. The third-order valence-corrected chi connectivity index (χ3v) is 2.38. The lowest BCUT2D eigenvalue weighted by molar-refractivity contribution is 0.0845. The van der Waals surface area contributed by atoms with Crippen molar-refractivity contribution < 1.29 is 4.74 Å². The van der Waals surface area contributed by atoms with Crippen LogP contribution in [0.2, 0.25) is 5.02 Å². The molecule has 0 aromatic heterocycles. The molecule has 2 rings (SSSR count). The minimum Gasteiger partial charge on any atom is -0.376 e. The molecule has 1 aromatic rings. The summed E-state index contributed by atoms with van der Waals surface area (Å²) in [5.41, 5.74) is 2.61. The Labute approximate surface area is 70.9 Å². The van der Waals surface area contributed by atoms with Gasteiger partial charge in [0, 0.05) is 18.6 Å². The maximum Gasteiger partial charge on any atom is 0.0864 e. The van der Waals surface area contributed by atoms with E-state index in [4.69, 9.17) is 16.3 Å². The van der Waals surface area contributed by atoms with Crippen LogP contribution >= 0.6 is 11.6 Å². The first-order valence-electron chi connectivity index (χ1n) is 3.62. The molecule has 1 aliphatic rings. The maximum atomic E-state index is 5.82. The molecule has 0 spiro atoms. The van der Waals surface area contributed by atoms with Gasteiger partial charge in [-0.3, -0.25) is 0 Å². The lowest BCUT2D eigenvalue weighted by Gasteiger charge is -2.28. The minimum atomic E-state index is 0.281. The summed E-state index contributed by atoms with van der Waals surface area (Å²) in [5.74, 6) is 0. The van der Waals surface area contributed by atoms with E-state index in [1.165, 1.54) is 11.1 Å².